The third-order valence-corrected chi connectivity index (χ3v) is 6.88. The van der Waals surface area contributed by atoms with E-state index < -0.39 is 0 Å². The number of benzene rings is 2. The van der Waals surface area contributed by atoms with Crippen LogP contribution < -0.4 is 4.74 Å². The van der Waals surface area contributed by atoms with Gasteiger partial charge in [0.05, 0.1) is 12.2 Å². The molecule has 0 amide bonds. The van der Waals surface area contributed by atoms with E-state index in [0.717, 1.165) is 42.4 Å². The van der Waals surface area contributed by atoms with E-state index in [9.17, 15) is 4.79 Å². The van der Waals surface area contributed by atoms with Gasteiger partial charge in [-0.2, -0.15) is 0 Å². The van der Waals surface area contributed by atoms with E-state index in [1.54, 1.807) is 29.7 Å². The normalized spacial score (nSPS) is 13.2. The van der Waals surface area contributed by atoms with Gasteiger partial charge in [-0.05, 0) is 74.1 Å². The Morgan fingerprint density at radius 3 is 2.75 bits per heavy atom. The fraction of sp³-hybridized carbons (Fsp3) is 0.280. The summed E-state index contributed by atoms with van der Waals surface area (Å²) in [6.45, 7) is 2.52. The minimum Gasteiger partial charge on any atom is -0.488 e. The summed E-state index contributed by atoms with van der Waals surface area (Å²) < 4.78 is 11.3. The fourth-order valence-electron chi connectivity index (χ4n) is 3.72. The zero-order valence-corrected chi connectivity index (χ0v) is 20.0. The number of ether oxygens (including phenoxy) is 2. The largest absolute Gasteiger partial charge is 0.488 e. The van der Waals surface area contributed by atoms with Gasteiger partial charge in [-0.25, -0.2) is 9.79 Å². The van der Waals surface area contributed by atoms with Crippen LogP contribution in [0, 0.1) is 0 Å². The Labute approximate surface area is 201 Å². The topological polar surface area (TPSA) is 47.9 Å². The Morgan fingerprint density at radius 1 is 1.12 bits per heavy atom. The molecule has 0 radical (unpaired) electrons. The molecule has 1 aliphatic carbocycles. The summed E-state index contributed by atoms with van der Waals surface area (Å²) in [5.74, 6) is 0.347. The monoisotopic (exact) mass is 487 g/mol. The molecule has 2 aromatic carbocycles. The zero-order chi connectivity index (χ0) is 22.5. The summed E-state index contributed by atoms with van der Waals surface area (Å²) in [4.78, 5) is 18.6. The van der Waals surface area contributed by atoms with Crippen LogP contribution in [0.2, 0.25) is 10.0 Å². The quantitative estimate of drug-likeness (QED) is 0.257. The van der Waals surface area contributed by atoms with Crippen molar-refractivity contribution < 1.29 is 14.3 Å². The van der Waals surface area contributed by atoms with E-state index in [1.165, 1.54) is 4.88 Å². The first-order chi connectivity index (χ1) is 15.5. The summed E-state index contributed by atoms with van der Waals surface area (Å²) in [7, 11) is 0. The van der Waals surface area contributed by atoms with Crippen molar-refractivity contribution in [2.75, 3.05) is 6.61 Å². The highest BCUT2D eigenvalue weighted by atomic mass is 35.5. The van der Waals surface area contributed by atoms with Crippen LogP contribution in [0.25, 0.3) is 0 Å². The molecule has 0 atom stereocenters. The first-order valence-electron chi connectivity index (χ1n) is 10.6. The number of aliphatic imine (C=N–C) groups is 1. The number of carbonyl (C=O) groups is 1. The zero-order valence-electron chi connectivity index (χ0n) is 17.7. The van der Waals surface area contributed by atoms with Gasteiger partial charge in [0, 0.05) is 26.7 Å². The number of halogens is 2. The van der Waals surface area contributed by atoms with Crippen molar-refractivity contribution in [2.45, 2.75) is 39.2 Å². The number of esters is 1. The van der Waals surface area contributed by atoms with E-state index in [-0.39, 0.29) is 5.97 Å². The Balaban J connectivity index is 1.62. The van der Waals surface area contributed by atoms with Crippen molar-refractivity contribution in [3.05, 3.63) is 79.6 Å². The van der Waals surface area contributed by atoms with E-state index in [1.807, 2.05) is 37.3 Å². The van der Waals surface area contributed by atoms with E-state index >= 15 is 0 Å². The maximum absolute atomic E-state index is 12.7. The number of rotatable bonds is 7. The molecule has 3 aromatic rings. The van der Waals surface area contributed by atoms with Crippen molar-refractivity contribution in [3.8, 4) is 5.75 Å². The molecular formula is C25H23Cl2NO3S. The van der Waals surface area contributed by atoms with E-state index in [4.69, 9.17) is 32.7 Å². The van der Waals surface area contributed by atoms with Crippen LogP contribution in [0.4, 0.5) is 5.00 Å². The van der Waals surface area contributed by atoms with Crippen LogP contribution in [-0.2, 0) is 24.2 Å². The molecule has 0 aliphatic heterocycles. The van der Waals surface area contributed by atoms with Gasteiger partial charge in [-0.1, -0.05) is 35.3 Å². The van der Waals surface area contributed by atoms with Gasteiger partial charge >= 0.3 is 5.97 Å². The van der Waals surface area contributed by atoms with Crippen LogP contribution in [0.3, 0.4) is 0 Å². The molecule has 0 fully saturated rings. The van der Waals surface area contributed by atoms with Crippen LogP contribution in [-0.4, -0.2) is 18.8 Å². The number of carbonyl (C=O) groups excluding carboxylic acids is 1. The molecule has 166 valence electrons. The smallest absolute Gasteiger partial charge is 0.341 e. The highest BCUT2D eigenvalue weighted by Crippen LogP contribution is 2.40. The number of hydrogen-bond donors (Lipinski definition) is 0. The predicted molar refractivity (Wildman–Crippen MR) is 131 cm³/mol. The van der Waals surface area contributed by atoms with Gasteiger partial charge in [0.2, 0.25) is 0 Å². The molecule has 4 rings (SSSR count). The van der Waals surface area contributed by atoms with E-state index in [0.29, 0.717) is 39.6 Å². The average Bonchev–Trinajstić information content (AvgIpc) is 3.16. The molecule has 0 bridgehead atoms. The number of fused-ring (bicyclic) bond motifs is 1. The Bertz CT molecular complexity index is 1160. The fourth-order valence-corrected chi connectivity index (χ4v) is 5.34. The Kier molecular flexibility index (Phi) is 7.51. The van der Waals surface area contributed by atoms with E-state index in [2.05, 4.69) is 4.99 Å². The molecule has 1 heterocycles. The van der Waals surface area contributed by atoms with Crippen molar-refractivity contribution >= 4 is 51.7 Å². The average molecular weight is 488 g/mol. The van der Waals surface area contributed by atoms with Crippen molar-refractivity contribution in [1.82, 2.24) is 0 Å². The molecule has 1 aromatic heterocycles. The maximum Gasteiger partial charge on any atom is 0.341 e. The lowest BCUT2D eigenvalue weighted by molar-refractivity contribution is 0.0526. The second kappa shape index (κ2) is 10.5. The predicted octanol–water partition coefficient (Wildman–Crippen LogP) is 7.44. The SMILES string of the molecule is CCOC(=O)c1c(N=Cc2cc(Cl)ccc2OCc2cccc(Cl)c2)sc2c1CCCC2. The van der Waals surface area contributed by atoms with Gasteiger partial charge in [-0.15, -0.1) is 11.3 Å². The number of thiophene rings is 1. The second-order valence-electron chi connectivity index (χ2n) is 7.47. The van der Waals surface area contributed by atoms with Gasteiger partial charge in [0.25, 0.3) is 0 Å². The van der Waals surface area contributed by atoms with Gasteiger partial charge < -0.3 is 9.47 Å². The second-order valence-corrected chi connectivity index (χ2v) is 9.43. The summed E-state index contributed by atoms with van der Waals surface area (Å²) in [5.41, 5.74) is 3.40. The standard InChI is InChI=1S/C25H23Cl2NO3S/c1-2-30-25(29)23-20-8-3-4-9-22(20)32-24(23)28-14-17-13-19(27)10-11-21(17)31-15-16-6-5-7-18(26)12-16/h5-7,10-14H,2-4,8-9,15H2,1H3. The van der Waals surface area contributed by atoms with Crippen LogP contribution >= 0.6 is 34.5 Å². The highest BCUT2D eigenvalue weighted by Gasteiger charge is 2.26. The summed E-state index contributed by atoms with van der Waals surface area (Å²) in [6, 6.07) is 12.9. The van der Waals surface area contributed by atoms with Crippen molar-refractivity contribution in [1.29, 1.82) is 0 Å². The number of nitrogens with zero attached hydrogens (tertiary/aromatic N) is 1. The highest BCUT2D eigenvalue weighted by molar-refractivity contribution is 7.16. The van der Waals surface area contributed by atoms with Crippen molar-refractivity contribution in [3.63, 3.8) is 0 Å². The molecule has 0 N–H and O–H groups in total. The summed E-state index contributed by atoms with van der Waals surface area (Å²) >= 11 is 13.9. The molecule has 1 aliphatic rings. The van der Waals surface area contributed by atoms with Gasteiger partial charge in [-0.3, -0.25) is 0 Å². The molecule has 7 heteroatoms. The minimum atomic E-state index is -0.303. The summed E-state index contributed by atoms with van der Waals surface area (Å²) in [5, 5.41) is 1.92. The van der Waals surface area contributed by atoms with Gasteiger partial charge in [0.15, 0.2) is 0 Å². The lowest BCUT2D eigenvalue weighted by atomic mass is 9.95. The number of aryl methyl sites for hydroxylation is 1. The Hall–Kier alpha value is -2.34. The first-order valence-corrected chi connectivity index (χ1v) is 12.1. The van der Waals surface area contributed by atoms with Crippen LogP contribution in [0.5, 0.6) is 5.75 Å². The van der Waals surface area contributed by atoms with Gasteiger partial charge in [0.1, 0.15) is 17.4 Å². The molecule has 4 nitrogen and oxygen atoms in total. The van der Waals surface area contributed by atoms with Crippen LogP contribution in [0.15, 0.2) is 47.5 Å². The molecular weight excluding hydrogens is 465 g/mol. The molecule has 0 saturated heterocycles. The molecule has 0 unspecified atom stereocenters. The minimum absolute atomic E-state index is 0.303. The third-order valence-electron chi connectivity index (χ3n) is 5.21. The summed E-state index contributed by atoms with van der Waals surface area (Å²) in [6.07, 6.45) is 5.79. The lowest BCUT2D eigenvalue weighted by Crippen LogP contribution is -2.09. The maximum atomic E-state index is 12.7. The molecule has 32 heavy (non-hydrogen) atoms. The first kappa shape index (κ1) is 22.8. The lowest BCUT2D eigenvalue weighted by Gasteiger charge is -2.12. The number of hydrogen-bond acceptors (Lipinski definition) is 5. The van der Waals surface area contributed by atoms with Crippen LogP contribution in [0.1, 0.15) is 51.7 Å². The van der Waals surface area contributed by atoms with Crippen molar-refractivity contribution in [2.24, 2.45) is 4.99 Å². The molecule has 0 spiro atoms. The molecule has 0 saturated carbocycles. The Morgan fingerprint density at radius 2 is 1.94 bits per heavy atom. The third kappa shape index (κ3) is 5.34.